The molecule has 21 heavy (non-hydrogen) atoms. The van der Waals surface area contributed by atoms with E-state index < -0.39 is 5.97 Å². The van der Waals surface area contributed by atoms with Crippen molar-refractivity contribution in [2.75, 3.05) is 31.1 Å². The van der Waals surface area contributed by atoms with Crippen molar-refractivity contribution >= 4 is 32.7 Å². The second-order valence-corrected chi connectivity index (χ2v) is 6.26. The van der Waals surface area contributed by atoms with Crippen molar-refractivity contribution in [3.63, 3.8) is 0 Å². The van der Waals surface area contributed by atoms with Crippen LogP contribution in [0.2, 0.25) is 0 Å². The molecule has 0 aliphatic carbocycles. The fourth-order valence-corrected chi connectivity index (χ4v) is 3.83. The molecule has 1 aliphatic heterocycles. The van der Waals surface area contributed by atoms with E-state index in [0.717, 1.165) is 36.8 Å². The van der Waals surface area contributed by atoms with Gasteiger partial charge in [0.25, 0.3) is 0 Å². The highest BCUT2D eigenvalue weighted by Crippen LogP contribution is 2.29. The minimum atomic E-state index is -0.717. The molecule has 1 aromatic carbocycles. The van der Waals surface area contributed by atoms with E-state index in [1.54, 1.807) is 11.3 Å². The molecule has 1 aliphatic rings. The Morgan fingerprint density at radius 2 is 2.05 bits per heavy atom. The molecule has 3 rings (SSSR count). The number of thiazole rings is 1. The quantitative estimate of drug-likeness (QED) is 0.939. The largest absolute Gasteiger partial charge is 0.480 e. The van der Waals surface area contributed by atoms with Crippen molar-refractivity contribution in [1.82, 2.24) is 9.88 Å². The summed E-state index contributed by atoms with van der Waals surface area (Å²) in [6.45, 7) is 5.16. The molecule has 0 saturated carbocycles. The first-order valence-electron chi connectivity index (χ1n) is 7.26. The molecule has 0 amide bonds. The number of hydrogen-bond acceptors (Lipinski definition) is 5. The molecule has 6 heteroatoms. The highest BCUT2D eigenvalue weighted by atomic mass is 32.1. The number of piperazine rings is 1. The Bertz CT molecular complexity index is 602. The SMILES string of the molecule is CCC(C(=O)O)N1CCN(c2nc3ccccc3s2)CC1. The van der Waals surface area contributed by atoms with Crippen molar-refractivity contribution < 1.29 is 9.90 Å². The van der Waals surface area contributed by atoms with Crippen LogP contribution in [0.1, 0.15) is 13.3 Å². The molecule has 2 aromatic rings. The van der Waals surface area contributed by atoms with E-state index >= 15 is 0 Å². The summed E-state index contributed by atoms with van der Waals surface area (Å²) in [7, 11) is 0. The molecule has 5 nitrogen and oxygen atoms in total. The predicted molar refractivity (Wildman–Crippen MR) is 85.1 cm³/mol. The number of anilines is 1. The zero-order valence-electron chi connectivity index (χ0n) is 12.0. The molecular formula is C15H19N3O2S. The summed E-state index contributed by atoms with van der Waals surface area (Å²) in [6.07, 6.45) is 0.649. The van der Waals surface area contributed by atoms with Gasteiger partial charge in [0.1, 0.15) is 6.04 Å². The number of carboxylic acid groups (broad SMARTS) is 1. The molecule has 1 N–H and O–H groups in total. The number of carbonyl (C=O) groups is 1. The zero-order valence-corrected chi connectivity index (χ0v) is 12.8. The Balaban J connectivity index is 1.69. The van der Waals surface area contributed by atoms with Gasteiger partial charge in [-0.25, -0.2) is 4.98 Å². The summed E-state index contributed by atoms with van der Waals surface area (Å²) in [6, 6.07) is 7.79. The maximum Gasteiger partial charge on any atom is 0.320 e. The molecule has 1 unspecified atom stereocenters. The maximum atomic E-state index is 11.2. The van der Waals surface area contributed by atoms with Crippen LogP contribution in [0.4, 0.5) is 5.13 Å². The fraction of sp³-hybridized carbons (Fsp3) is 0.467. The first-order valence-corrected chi connectivity index (χ1v) is 8.08. The monoisotopic (exact) mass is 305 g/mol. The lowest BCUT2D eigenvalue weighted by molar-refractivity contribution is -0.143. The van der Waals surface area contributed by atoms with Crippen LogP contribution in [-0.4, -0.2) is 53.2 Å². The number of para-hydroxylation sites is 1. The van der Waals surface area contributed by atoms with Gasteiger partial charge in [-0.1, -0.05) is 30.4 Å². The fourth-order valence-electron chi connectivity index (χ4n) is 2.81. The van der Waals surface area contributed by atoms with Gasteiger partial charge in [-0.05, 0) is 18.6 Å². The van der Waals surface area contributed by atoms with Crippen molar-refractivity contribution in [3.8, 4) is 0 Å². The zero-order chi connectivity index (χ0) is 14.8. The molecule has 0 spiro atoms. The van der Waals surface area contributed by atoms with E-state index in [0.29, 0.717) is 6.42 Å². The van der Waals surface area contributed by atoms with Crippen LogP contribution in [0.5, 0.6) is 0 Å². The number of carboxylic acids is 1. The summed E-state index contributed by atoms with van der Waals surface area (Å²) in [5.41, 5.74) is 1.04. The van der Waals surface area contributed by atoms with Crippen LogP contribution in [0.15, 0.2) is 24.3 Å². The summed E-state index contributed by atoms with van der Waals surface area (Å²) >= 11 is 1.71. The molecule has 0 bridgehead atoms. The van der Waals surface area contributed by atoms with Gasteiger partial charge in [0.15, 0.2) is 5.13 Å². The van der Waals surface area contributed by atoms with Gasteiger partial charge >= 0.3 is 5.97 Å². The Kier molecular flexibility index (Phi) is 4.07. The number of benzene rings is 1. The third-order valence-corrected chi connectivity index (χ3v) is 5.08. The topological polar surface area (TPSA) is 56.7 Å². The van der Waals surface area contributed by atoms with Gasteiger partial charge in [0.2, 0.25) is 0 Å². The minimum Gasteiger partial charge on any atom is -0.480 e. The van der Waals surface area contributed by atoms with Crippen molar-refractivity contribution in [1.29, 1.82) is 0 Å². The van der Waals surface area contributed by atoms with Crippen LogP contribution in [0.3, 0.4) is 0 Å². The van der Waals surface area contributed by atoms with Gasteiger partial charge in [0.05, 0.1) is 10.2 Å². The van der Waals surface area contributed by atoms with Crippen LogP contribution in [0.25, 0.3) is 10.2 Å². The van der Waals surface area contributed by atoms with E-state index in [9.17, 15) is 9.90 Å². The number of aliphatic carboxylic acids is 1. The van der Waals surface area contributed by atoms with Gasteiger partial charge in [-0.3, -0.25) is 9.69 Å². The lowest BCUT2D eigenvalue weighted by Crippen LogP contribution is -2.52. The first-order chi connectivity index (χ1) is 10.2. The van der Waals surface area contributed by atoms with Gasteiger partial charge in [0, 0.05) is 26.2 Å². The predicted octanol–water partition coefficient (Wildman–Crippen LogP) is 2.28. The molecule has 1 aromatic heterocycles. The van der Waals surface area contributed by atoms with Crippen molar-refractivity contribution in [2.45, 2.75) is 19.4 Å². The van der Waals surface area contributed by atoms with Crippen LogP contribution in [0, 0.1) is 0 Å². The highest BCUT2D eigenvalue weighted by molar-refractivity contribution is 7.22. The molecule has 0 radical (unpaired) electrons. The smallest absolute Gasteiger partial charge is 0.320 e. The van der Waals surface area contributed by atoms with E-state index in [1.807, 2.05) is 25.1 Å². The third-order valence-electron chi connectivity index (χ3n) is 3.98. The molecule has 112 valence electrons. The van der Waals surface area contributed by atoms with E-state index in [2.05, 4.69) is 20.9 Å². The molecule has 1 atom stereocenters. The average Bonchev–Trinajstić information content (AvgIpc) is 2.92. The van der Waals surface area contributed by atoms with E-state index in [-0.39, 0.29) is 6.04 Å². The molecule has 1 fully saturated rings. The molecule has 1 saturated heterocycles. The van der Waals surface area contributed by atoms with E-state index in [4.69, 9.17) is 0 Å². The molecule has 2 heterocycles. The maximum absolute atomic E-state index is 11.2. The lowest BCUT2D eigenvalue weighted by atomic mass is 10.1. The van der Waals surface area contributed by atoms with Gasteiger partial charge < -0.3 is 10.0 Å². The van der Waals surface area contributed by atoms with Crippen LogP contribution < -0.4 is 4.90 Å². The third kappa shape index (κ3) is 2.87. The highest BCUT2D eigenvalue weighted by Gasteiger charge is 2.28. The normalized spacial score (nSPS) is 18.0. The standard InChI is InChI=1S/C15H19N3O2S/c1-2-12(14(19)20)17-7-9-18(10-8-17)15-16-11-5-3-4-6-13(11)21-15/h3-6,12H,2,7-10H2,1H3,(H,19,20). The van der Waals surface area contributed by atoms with Crippen LogP contribution >= 0.6 is 11.3 Å². The number of aromatic nitrogens is 1. The van der Waals surface area contributed by atoms with Gasteiger partial charge in [-0.2, -0.15) is 0 Å². The van der Waals surface area contributed by atoms with Crippen molar-refractivity contribution in [3.05, 3.63) is 24.3 Å². The van der Waals surface area contributed by atoms with Crippen molar-refractivity contribution in [2.24, 2.45) is 0 Å². The Hall–Kier alpha value is -1.66. The molecular weight excluding hydrogens is 286 g/mol. The number of hydrogen-bond donors (Lipinski definition) is 1. The van der Waals surface area contributed by atoms with Gasteiger partial charge in [-0.15, -0.1) is 0 Å². The minimum absolute atomic E-state index is 0.359. The number of nitrogens with zero attached hydrogens (tertiary/aromatic N) is 3. The average molecular weight is 305 g/mol. The van der Waals surface area contributed by atoms with Crippen LogP contribution in [-0.2, 0) is 4.79 Å². The summed E-state index contributed by atoms with van der Waals surface area (Å²) in [5.74, 6) is -0.717. The number of rotatable bonds is 4. The summed E-state index contributed by atoms with van der Waals surface area (Å²) in [5, 5.41) is 10.3. The summed E-state index contributed by atoms with van der Waals surface area (Å²) in [4.78, 5) is 20.2. The summed E-state index contributed by atoms with van der Waals surface area (Å²) < 4.78 is 1.20. The first kappa shape index (κ1) is 14.3. The van der Waals surface area contributed by atoms with E-state index in [1.165, 1.54) is 4.70 Å². The number of fused-ring (bicyclic) bond motifs is 1. The Morgan fingerprint density at radius 3 is 2.67 bits per heavy atom. The second kappa shape index (κ2) is 5.99. The Labute approximate surface area is 127 Å². The second-order valence-electron chi connectivity index (χ2n) is 5.25. The lowest BCUT2D eigenvalue weighted by Gasteiger charge is -2.37. The Morgan fingerprint density at radius 1 is 1.33 bits per heavy atom.